The van der Waals surface area contributed by atoms with Crippen molar-refractivity contribution in [2.24, 2.45) is 0 Å². The summed E-state index contributed by atoms with van der Waals surface area (Å²) >= 11 is 0. The molecule has 7 nitrogen and oxygen atoms in total. The number of aromatic nitrogens is 2. The van der Waals surface area contributed by atoms with Crippen LogP contribution in [-0.4, -0.2) is 35.7 Å². The van der Waals surface area contributed by atoms with Crippen molar-refractivity contribution in [2.75, 3.05) is 19.5 Å². The Morgan fingerprint density at radius 1 is 1.00 bits per heavy atom. The first-order chi connectivity index (χ1) is 13.5. The largest absolute Gasteiger partial charge is 0.497 e. The molecule has 0 bridgehead atoms. The van der Waals surface area contributed by atoms with E-state index in [1.165, 1.54) is 14.2 Å². The Hall–Kier alpha value is -3.61. The van der Waals surface area contributed by atoms with Crippen LogP contribution in [0, 0.1) is 13.8 Å². The standard InChI is InChI=1S/C21H21N3O4/c1-13-19(14(2)24(23-13)15-8-6-5-7-9-15)20(25)21(26)22-17-12-16(27-3)10-11-18(17)28-4/h5-12H,1-4H3,(H,22,26). The minimum atomic E-state index is -0.773. The summed E-state index contributed by atoms with van der Waals surface area (Å²) in [6.45, 7) is 3.47. The van der Waals surface area contributed by atoms with Gasteiger partial charge in [0.15, 0.2) is 0 Å². The molecule has 0 unspecified atom stereocenters. The summed E-state index contributed by atoms with van der Waals surface area (Å²) in [5.41, 5.74) is 2.53. The summed E-state index contributed by atoms with van der Waals surface area (Å²) in [5.74, 6) is -0.476. The van der Waals surface area contributed by atoms with Crippen LogP contribution in [-0.2, 0) is 4.79 Å². The van der Waals surface area contributed by atoms with Gasteiger partial charge in [0.1, 0.15) is 11.5 Å². The summed E-state index contributed by atoms with van der Waals surface area (Å²) in [5, 5.41) is 7.03. The molecule has 0 saturated heterocycles. The van der Waals surface area contributed by atoms with Crippen molar-refractivity contribution in [1.82, 2.24) is 9.78 Å². The van der Waals surface area contributed by atoms with E-state index in [4.69, 9.17) is 9.47 Å². The lowest BCUT2D eigenvalue weighted by Gasteiger charge is -2.11. The Kier molecular flexibility index (Phi) is 5.44. The maximum Gasteiger partial charge on any atom is 0.297 e. The highest BCUT2D eigenvalue weighted by atomic mass is 16.5. The fourth-order valence-corrected chi connectivity index (χ4v) is 3.00. The molecule has 28 heavy (non-hydrogen) atoms. The monoisotopic (exact) mass is 379 g/mol. The number of carbonyl (C=O) groups is 2. The second kappa shape index (κ2) is 7.96. The zero-order valence-corrected chi connectivity index (χ0v) is 16.1. The number of carbonyl (C=O) groups excluding carboxylic acids is 2. The summed E-state index contributed by atoms with van der Waals surface area (Å²) < 4.78 is 12.1. The summed E-state index contributed by atoms with van der Waals surface area (Å²) in [7, 11) is 3.00. The number of nitrogens with one attached hydrogen (secondary N) is 1. The third kappa shape index (κ3) is 3.59. The highest BCUT2D eigenvalue weighted by Gasteiger charge is 2.26. The van der Waals surface area contributed by atoms with Gasteiger partial charge in [-0.25, -0.2) is 4.68 Å². The molecule has 3 aromatic rings. The number of ether oxygens (including phenoxy) is 2. The van der Waals surface area contributed by atoms with Crippen molar-refractivity contribution >= 4 is 17.4 Å². The predicted molar refractivity (Wildman–Crippen MR) is 106 cm³/mol. The highest BCUT2D eigenvalue weighted by Crippen LogP contribution is 2.29. The number of hydrogen-bond donors (Lipinski definition) is 1. The lowest BCUT2D eigenvalue weighted by atomic mass is 10.1. The van der Waals surface area contributed by atoms with Crippen LogP contribution in [0.4, 0.5) is 5.69 Å². The van der Waals surface area contributed by atoms with Crippen LogP contribution >= 0.6 is 0 Å². The number of amides is 1. The Morgan fingerprint density at radius 2 is 1.71 bits per heavy atom. The minimum Gasteiger partial charge on any atom is -0.497 e. The lowest BCUT2D eigenvalue weighted by molar-refractivity contribution is -0.112. The zero-order valence-electron chi connectivity index (χ0n) is 16.1. The van der Waals surface area contributed by atoms with Crippen LogP contribution in [0.2, 0.25) is 0 Å². The van der Waals surface area contributed by atoms with Crippen LogP contribution in [0.15, 0.2) is 48.5 Å². The van der Waals surface area contributed by atoms with E-state index < -0.39 is 11.7 Å². The normalized spacial score (nSPS) is 10.4. The van der Waals surface area contributed by atoms with Gasteiger partial charge in [0.25, 0.3) is 11.7 Å². The number of benzene rings is 2. The number of para-hydroxylation sites is 1. The summed E-state index contributed by atoms with van der Waals surface area (Å²) in [4.78, 5) is 25.5. The number of nitrogens with zero attached hydrogens (tertiary/aromatic N) is 2. The van der Waals surface area contributed by atoms with Crippen molar-refractivity contribution in [3.8, 4) is 17.2 Å². The molecule has 1 amide bonds. The number of Topliss-reactive ketones (excluding diaryl/α,β-unsaturated/α-hetero) is 1. The van der Waals surface area contributed by atoms with Gasteiger partial charge in [-0.2, -0.15) is 5.10 Å². The molecule has 0 spiro atoms. The van der Waals surface area contributed by atoms with Crippen molar-refractivity contribution in [1.29, 1.82) is 0 Å². The van der Waals surface area contributed by atoms with Crippen molar-refractivity contribution < 1.29 is 19.1 Å². The van der Waals surface area contributed by atoms with Crippen LogP contribution in [0.3, 0.4) is 0 Å². The van der Waals surface area contributed by atoms with Gasteiger partial charge in [-0.05, 0) is 38.1 Å². The zero-order chi connectivity index (χ0) is 20.3. The molecule has 0 aliphatic rings. The van der Waals surface area contributed by atoms with E-state index in [1.807, 2.05) is 30.3 Å². The molecule has 0 atom stereocenters. The average Bonchev–Trinajstić information content (AvgIpc) is 3.02. The summed E-state index contributed by atoms with van der Waals surface area (Å²) in [6, 6.07) is 14.4. The Labute approximate surface area is 162 Å². The number of anilines is 1. The highest BCUT2D eigenvalue weighted by molar-refractivity contribution is 6.47. The van der Waals surface area contributed by atoms with Gasteiger partial charge in [0.2, 0.25) is 0 Å². The van der Waals surface area contributed by atoms with Crippen LogP contribution in [0.1, 0.15) is 21.7 Å². The molecular formula is C21H21N3O4. The van der Waals surface area contributed by atoms with Crippen molar-refractivity contribution in [3.63, 3.8) is 0 Å². The van der Waals surface area contributed by atoms with E-state index in [0.29, 0.717) is 28.6 Å². The minimum absolute atomic E-state index is 0.281. The third-order valence-corrected chi connectivity index (χ3v) is 4.38. The molecular weight excluding hydrogens is 358 g/mol. The van der Waals surface area contributed by atoms with Gasteiger partial charge in [-0.1, -0.05) is 18.2 Å². The topological polar surface area (TPSA) is 82.4 Å². The molecule has 1 N–H and O–H groups in total. The van der Waals surface area contributed by atoms with E-state index in [0.717, 1.165) is 5.69 Å². The molecule has 1 heterocycles. The quantitative estimate of drug-likeness (QED) is 0.525. The second-order valence-electron chi connectivity index (χ2n) is 6.14. The van der Waals surface area contributed by atoms with E-state index in [9.17, 15) is 9.59 Å². The molecule has 2 aromatic carbocycles. The third-order valence-electron chi connectivity index (χ3n) is 4.38. The predicted octanol–water partition coefficient (Wildman–Crippen LogP) is 3.33. The smallest absolute Gasteiger partial charge is 0.297 e. The van der Waals surface area contributed by atoms with Crippen LogP contribution in [0.25, 0.3) is 5.69 Å². The van der Waals surface area contributed by atoms with Gasteiger partial charge in [-0.15, -0.1) is 0 Å². The number of rotatable bonds is 6. The number of aryl methyl sites for hydroxylation is 1. The Balaban J connectivity index is 1.91. The Bertz CT molecular complexity index is 1030. The molecule has 0 radical (unpaired) electrons. The van der Waals surface area contributed by atoms with Gasteiger partial charge in [-0.3, -0.25) is 9.59 Å². The molecule has 0 aliphatic heterocycles. The Morgan fingerprint density at radius 3 is 2.36 bits per heavy atom. The van der Waals surface area contributed by atoms with Crippen LogP contribution < -0.4 is 14.8 Å². The molecule has 0 saturated carbocycles. The fourth-order valence-electron chi connectivity index (χ4n) is 3.00. The number of methoxy groups -OCH3 is 2. The fraction of sp³-hybridized carbons (Fsp3) is 0.190. The van der Waals surface area contributed by atoms with Crippen molar-refractivity contribution in [2.45, 2.75) is 13.8 Å². The molecule has 7 heteroatoms. The summed E-state index contributed by atoms with van der Waals surface area (Å²) in [6.07, 6.45) is 0. The molecule has 0 aliphatic carbocycles. The SMILES string of the molecule is COc1ccc(OC)c(NC(=O)C(=O)c2c(C)nn(-c3ccccc3)c2C)c1. The van der Waals surface area contributed by atoms with Gasteiger partial charge in [0.05, 0.1) is 42.5 Å². The number of ketones is 1. The lowest BCUT2D eigenvalue weighted by Crippen LogP contribution is -2.24. The van der Waals surface area contributed by atoms with E-state index in [2.05, 4.69) is 10.4 Å². The number of hydrogen-bond acceptors (Lipinski definition) is 5. The van der Waals surface area contributed by atoms with Gasteiger partial charge < -0.3 is 14.8 Å². The van der Waals surface area contributed by atoms with Gasteiger partial charge >= 0.3 is 0 Å². The molecule has 144 valence electrons. The maximum absolute atomic E-state index is 12.9. The first-order valence-electron chi connectivity index (χ1n) is 8.65. The van der Waals surface area contributed by atoms with Crippen molar-refractivity contribution in [3.05, 3.63) is 65.5 Å². The van der Waals surface area contributed by atoms with E-state index in [1.54, 1.807) is 36.7 Å². The van der Waals surface area contributed by atoms with Crippen LogP contribution in [0.5, 0.6) is 11.5 Å². The molecule has 1 aromatic heterocycles. The maximum atomic E-state index is 12.9. The molecule has 3 rings (SSSR count). The van der Waals surface area contributed by atoms with Gasteiger partial charge in [0, 0.05) is 6.07 Å². The second-order valence-corrected chi connectivity index (χ2v) is 6.14. The first kappa shape index (κ1) is 19.2. The average molecular weight is 379 g/mol. The van der Waals surface area contributed by atoms with E-state index in [-0.39, 0.29) is 5.56 Å². The van der Waals surface area contributed by atoms with E-state index >= 15 is 0 Å². The molecule has 0 fully saturated rings. The first-order valence-corrected chi connectivity index (χ1v) is 8.65.